The Bertz CT molecular complexity index is 2590. The zero-order valence-corrected chi connectivity index (χ0v) is 26.6. The van der Waals surface area contributed by atoms with Crippen LogP contribution in [0.3, 0.4) is 0 Å². The normalized spacial score (nSPS) is 11.3. The van der Waals surface area contributed by atoms with Gasteiger partial charge in [-0.15, -0.1) is 0 Å². The molecule has 9 aromatic rings. The molecule has 0 atom stereocenters. The minimum absolute atomic E-state index is 0.232. The van der Waals surface area contributed by atoms with Crippen molar-refractivity contribution in [3.8, 4) is 39.1 Å². The molecule has 0 aliphatic carbocycles. The van der Waals surface area contributed by atoms with E-state index in [1.807, 2.05) is 66.7 Å². The van der Waals surface area contributed by atoms with E-state index >= 15 is 0 Å². The predicted molar refractivity (Wildman–Crippen MR) is 204 cm³/mol. The number of anilines is 3. The summed E-state index contributed by atoms with van der Waals surface area (Å²) in [5, 5.41) is 16.1. The Labute approximate surface area is 284 Å². The van der Waals surface area contributed by atoms with Crippen LogP contribution in [-0.2, 0) is 0 Å². The fourth-order valence-electron chi connectivity index (χ4n) is 7.06. The van der Waals surface area contributed by atoms with Crippen LogP contribution in [0, 0.1) is 0 Å². The molecule has 0 saturated carbocycles. The summed E-state index contributed by atoms with van der Waals surface area (Å²) in [6.07, 6.45) is 0. The second kappa shape index (κ2) is 11.9. The Morgan fingerprint density at radius 3 is 1.59 bits per heavy atom. The molecule has 0 spiro atoms. The first-order valence-corrected chi connectivity index (χ1v) is 16.5. The third-order valence-electron chi connectivity index (χ3n) is 9.38. The highest BCUT2D eigenvalue weighted by atomic mass is 16.3. The zero-order chi connectivity index (χ0) is 32.7. The Balaban J connectivity index is 1.18. The number of hydrogen-bond donors (Lipinski definition) is 1. The molecule has 3 heteroatoms. The molecule has 232 valence electrons. The van der Waals surface area contributed by atoms with Gasteiger partial charge in [-0.3, -0.25) is 0 Å². The number of fused-ring (bicyclic) bond motifs is 5. The lowest BCUT2D eigenvalue weighted by atomic mass is 9.95. The van der Waals surface area contributed by atoms with Crippen molar-refractivity contribution in [3.05, 3.63) is 182 Å². The van der Waals surface area contributed by atoms with Gasteiger partial charge in [-0.1, -0.05) is 146 Å². The molecule has 0 fully saturated rings. The van der Waals surface area contributed by atoms with Crippen LogP contribution >= 0.6 is 0 Å². The number of nitrogens with zero attached hydrogens (tertiary/aromatic N) is 1. The minimum atomic E-state index is 0.232. The lowest BCUT2D eigenvalue weighted by molar-refractivity contribution is 0.478. The topological polar surface area (TPSA) is 36.6 Å². The van der Waals surface area contributed by atoms with Gasteiger partial charge in [0, 0.05) is 38.7 Å². The van der Waals surface area contributed by atoms with Gasteiger partial charge >= 0.3 is 0 Å². The summed E-state index contributed by atoms with van der Waals surface area (Å²) in [6.45, 7) is 0. The van der Waals surface area contributed by atoms with Crippen LogP contribution in [0.2, 0.25) is 0 Å². The summed E-state index contributed by atoms with van der Waals surface area (Å²) in [5.74, 6) is 0.232. The van der Waals surface area contributed by atoms with Crippen molar-refractivity contribution in [2.75, 3.05) is 4.90 Å². The van der Waals surface area contributed by atoms with Crippen molar-refractivity contribution >= 4 is 49.8 Å². The average molecular weight is 630 g/mol. The molecule has 1 heterocycles. The number of furan rings is 1. The van der Waals surface area contributed by atoms with E-state index in [0.29, 0.717) is 5.69 Å². The van der Waals surface area contributed by atoms with Crippen LogP contribution < -0.4 is 4.90 Å². The number of phenols is 1. The van der Waals surface area contributed by atoms with E-state index in [2.05, 4.69) is 120 Å². The van der Waals surface area contributed by atoms with Gasteiger partial charge in [0.1, 0.15) is 16.9 Å². The maximum atomic E-state index is 11.7. The Morgan fingerprint density at radius 1 is 0.367 bits per heavy atom. The number of aromatic hydroxyl groups is 1. The third kappa shape index (κ3) is 4.92. The van der Waals surface area contributed by atoms with Gasteiger partial charge in [-0.2, -0.15) is 0 Å². The van der Waals surface area contributed by atoms with Crippen LogP contribution in [0.4, 0.5) is 17.1 Å². The summed E-state index contributed by atoms with van der Waals surface area (Å²) in [7, 11) is 0. The highest BCUT2D eigenvalue weighted by molar-refractivity contribution is 6.20. The second-order valence-corrected chi connectivity index (χ2v) is 12.3. The summed E-state index contributed by atoms with van der Waals surface area (Å²) < 4.78 is 6.79. The molecule has 0 bridgehead atoms. The zero-order valence-electron chi connectivity index (χ0n) is 26.6. The van der Waals surface area contributed by atoms with Gasteiger partial charge in [0.2, 0.25) is 0 Å². The van der Waals surface area contributed by atoms with Crippen LogP contribution in [0.1, 0.15) is 0 Å². The predicted octanol–water partition coefficient (Wildman–Crippen LogP) is 12.9. The number of hydrogen-bond acceptors (Lipinski definition) is 3. The highest BCUT2D eigenvalue weighted by Gasteiger charge is 2.20. The maximum Gasteiger partial charge on any atom is 0.147 e. The van der Waals surface area contributed by atoms with E-state index in [1.165, 1.54) is 16.5 Å². The fourth-order valence-corrected chi connectivity index (χ4v) is 7.06. The van der Waals surface area contributed by atoms with Crippen molar-refractivity contribution < 1.29 is 9.52 Å². The van der Waals surface area contributed by atoms with Crippen LogP contribution in [0.5, 0.6) is 5.75 Å². The number of phenolic OH excluding ortho intramolecular Hbond substituents is 1. The van der Waals surface area contributed by atoms with Crippen LogP contribution in [-0.4, -0.2) is 5.11 Å². The lowest BCUT2D eigenvalue weighted by Crippen LogP contribution is -2.10. The molecule has 49 heavy (non-hydrogen) atoms. The molecule has 1 N–H and O–H groups in total. The molecule has 3 nitrogen and oxygen atoms in total. The van der Waals surface area contributed by atoms with Crippen molar-refractivity contribution in [3.63, 3.8) is 0 Å². The van der Waals surface area contributed by atoms with Gasteiger partial charge in [-0.05, 0) is 64.0 Å². The Morgan fingerprint density at radius 2 is 0.878 bits per heavy atom. The Kier molecular flexibility index (Phi) is 6.95. The van der Waals surface area contributed by atoms with E-state index in [0.717, 1.165) is 61.0 Å². The van der Waals surface area contributed by atoms with Gasteiger partial charge in [0.15, 0.2) is 0 Å². The first-order chi connectivity index (χ1) is 24.2. The summed E-state index contributed by atoms with van der Waals surface area (Å²) in [6, 6.07) is 62.3. The van der Waals surface area contributed by atoms with E-state index in [-0.39, 0.29) is 5.75 Å². The molecular formula is C46H31NO2. The first kappa shape index (κ1) is 28.6. The third-order valence-corrected chi connectivity index (χ3v) is 9.38. The fraction of sp³-hybridized carbons (Fsp3) is 0. The van der Waals surface area contributed by atoms with Crippen molar-refractivity contribution in [1.29, 1.82) is 0 Å². The molecule has 9 rings (SSSR count). The molecule has 0 amide bonds. The van der Waals surface area contributed by atoms with Gasteiger partial charge < -0.3 is 14.4 Å². The number of benzene rings is 8. The highest BCUT2D eigenvalue weighted by Crippen LogP contribution is 2.46. The number of para-hydroxylation sites is 3. The molecule has 0 unspecified atom stereocenters. The summed E-state index contributed by atoms with van der Waals surface area (Å²) in [4.78, 5) is 2.10. The maximum absolute atomic E-state index is 11.7. The standard InChI is InChI=1S/C46H31NO2/c48-44-36(31-14-4-1-5-15-31)22-13-25-43(44)47(34-18-8-3-9-19-34)35-28-26-33(27-29-35)37-23-12-24-40-42-30-41(32-16-6-2-7-17-32)38-20-10-11-21-39(38)46(42)49-45(37)40/h1-30,48H. The van der Waals surface area contributed by atoms with E-state index < -0.39 is 0 Å². The second-order valence-electron chi connectivity index (χ2n) is 12.3. The summed E-state index contributed by atoms with van der Waals surface area (Å²) >= 11 is 0. The smallest absolute Gasteiger partial charge is 0.147 e. The average Bonchev–Trinajstić information content (AvgIpc) is 3.56. The molecule has 0 radical (unpaired) electrons. The van der Waals surface area contributed by atoms with E-state index in [9.17, 15) is 5.11 Å². The van der Waals surface area contributed by atoms with Gasteiger partial charge in [0.25, 0.3) is 0 Å². The van der Waals surface area contributed by atoms with Crippen LogP contribution in [0.25, 0.3) is 66.1 Å². The van der Waals surface area contributed by atoms with Gasteiger partial charge in [0.05, 0.1) is 5.69 Å². The molecule has 1 aromatic heterocycles. The summed E-state index contributed by atoms with van der Waals surface area (Å²) in [5.41, 5.74) is 10.6. The lowest BCUT2D eigenvalue weighted by Gasteiger charge is -2.27. The molecule has 0 aliphatic heterocycles. The van der Waals surface area contributed by atoms with Gasteiger partial charge in [-0.25, -0.2) is 0 Å². The largest absolute Gasteiger partial charge is 0.505 e. The minimum Gasteiger partial charge on any atom is -0.505 e. The molecule has 0 aliphatic rings. The quantitative estimate of drug-likeness (QED) is 0.199. The Hall–Kier alpha value is -6.58. The molecule has 0 saturated heterocycles. The van der Waals surface area contributed by atoms with Crippen molar-refractivity contribution in [1.82, 2.24) is 0 Å². The monoisotopic (exact) mass is 629 g/mol. The SMILES string of the molecule is Oc1c(-c2ccccc2)cccc1N(c1ccccc1)c1ccc(-c2cccc3c2oc2c4ccccc4c(-c4ccccc4)cc32)cc1. The van der Waals surface area contributed by atoms with Crippen molar-refractivity contribution in [2.45, 2.75) is 0 Å². The molecular weight excluding hydrogens is 599 g/mol. The number of rotatable bonds is 6. The van der Waals surface area contributed by atoms with E-state index in [1.54, 1.807) is 0 Å². The van der Waals surface area contributed by atoms with Crippen molar-refractivity contribution in [2.24, 2.45) is 0 Å². The van der Waals surface area contributed by atoms with Crippen LogP contribution in [0.15, 0.2) is 186 Å². The van der Waals surface area contributed by atoms with E-state index in [4.69, 9.17) is 4.42 Å². The molecule has 8 aromatic carbocycles. The first-order valence-electron chi connectivity index (χ1n) is 16.5.